The van der Waals surface area contributed by atoms with E-state index in [-0.39, 0.29) is 17.4 Å². The Morgan fingerprint density at radius 2 is 1.74 bits per heavy atom. The summed E-state index contributed by atoms with van der Waals surface area (Å²) in [5.41, 5.74) is 1.22. The van der Waals surface area contributed by atoms with E-state index < -0.39 is 0 Å². The van der Waals surface area contributed by atoms with Gasteiger partial charge in [0.2, 0.25) is 5.91 Å². The molecule has 1 amide bonds. The molecule has 0 atom stereocenters. The van der Waals surface area contributed by atoms with E-state index in [2.05, 4.69) is 4.90 Å². The number of carbonyl (C=O) groups excluding carboxylic acids is 2. The minimum absolute atomic E-state index is 0.0130. The molecule has 1 heterocycles. The number of ketones is 1. The topological polar surface area (TPSA) is 60.9 Å². The van der Waals surface area contributed by atoms with Gasteiger partial charge in [0.25, 0.3) is 0 Å². The van der Waals surface area contributed by atoms with E-state index in [1.807, 2.05) is 6.07 Å². The third-order valence-electron chi connectivity index (χ3n) is 3.45. The largest absolute Gasteiger partial charge is 0.507 e. The van der Waals surface area contributed by atoms with Crippen LogP contribution >= 0.6 is 0 Å². The zero-order valence-electron chi connectivity index (χ0n) is 11.2. The number of carbonyl (C=O) groups is 2. The minimum atomic E-state index is -0.148. The van der Waals surface area contributed by atoms with Crippen LogP contribution in [0.3, 0.4) is 0 Å². The summed E-state index contributed by atoms with van der Waals surface area (Å²) in [6.07, 6.45) is 0. The van der Waals surface area contributed by atoms with E-state index in [1.54, 1.807) is 24.0 Å². The molecule has 1 aromatic carbocycles. The van der Waals surface area contributed by atoms with E-state index >= 15 is 0 Å². The summed E-state index contributed by atoms with van der Waals surface area (Å²) in [5.74, 6) is -0.0427. The van der Waals surface area contributed by atoms with E-state index in [0.29, 0.717) is 18.7 Å². The van der Waals surface area contributed by atoms with Crippen molar-refractivity contribution in [1.82, 2.24) is 4.90 Å². The van der Waals surface area contributed by atoms with Crippen LogP contribution in [0.25, 0.3) is 0 Å². The second kappa shape index (κ2) is 5.30. The Balaban J connectivity index is 2.10. The quantitative estimate of drug-likeness (QED) is 0.815. The number of phenols is 1. The summed E-state index contributed by atoms with van der Waals surface area (Å²) < 4.78 is 0. The Morgan fingerprint density at radius 3 is 2.21 bits per heavy atom. The number of anilines is 1. The van der Waals surface area contributed by atoms with Gasteiger partial charge in [-0.25, -0.2) is 0 Å². The molecule has 0 unspecified atom stereocenters. The first kappa shape index (κ1) is 13.4. The number of Topliss-reactive ketones (excluding diaryl/α,β-unsaturated/α-hetero) is 1. The lowest BCUT2D eigenvalue weighted by Crippen LogP contribution is -2.48. The zero-order chi connectivity index (χ0) is 14.0. The van der Waals surface area contributed by atoms with Crippen molar-refractivity contribution >= 4 is 17.4 Å². The normalized spacial score (nSPS) is 15.5. The first-order valence-corrected chi connectivity index (χ1v) is 6.33. The molecule has 1 aromatic rings. The second-order valence-corrected chi connectivity index (χ2v) is 4.75. The van der Waals surface area contributed by atoms with Crippen LogP contribution < -0.4 is 4.90 Å². The smallest absolute Gasteiger partial charge is 0.219 e. The van der Waals surface area contributed by atoms with Crippen LogP contribution in [-0.4, -0.2) is 47.9 Å². The Labute approximate surface area is 112 Å². The van der Waals surface area contributed by atoms with Crippen LogP contribution in [0, 0.1) is 0 Å². The molecule has 1 saturated heterocycles. The van der Waals surface area contributed by atoms with Gasteiger partial charge in [0.1, 0.15) is 5.75 Å². The Morgan fingerprint density at radius 1 is 1.11 bits per heavy atom. The van der Waals surface area contributed by atoms with Crippen molar-refractivity contribution in [3.8, 4) is 5.75 Å². The molecule has 1 fully saturated rings. The third kappa shape index (κ3) is 2.86. The predicted molar refractivity (Wildman–Crippen MR) is 72.6 cm³/mol. The lowest BCUT2D eigenvalue weighted by atomic mass is 10.1. The minimum Gasteiger partial charge on any atom is -0.507 e. The predicted octanol–water partition coefficient (Wildman–Crippen LogP) is 1.26. The maximum atomic E-state index is 11.3. The standard InChI is InChI=1S/C14H18N2O3/c1-10(17)13-4-3-12(9-14(13)19)16-7-5-15(6-8-16)11(2)18/h3-4,9,19H,5-8H2,1-2H3. The number of rotatable bonds is 2. The van der Waals surface area contributed by atoms with Gasteiger partial charge in [-0.15, -0.1) is 0 Å². The molecule has 19 heavy (non-hydrogen) atoms. The molecule has 0 bridgehead atoms. The van der Waals surface area contributed by atoms with Gasteiger partial charge < -0.3 is 14.9 Å². The number of benzene rings is 1. The number of hydrogen-bond donors (Lipinski definition) is 1. The fraction of sp³-hybridized carbons (Fsp3) is 0.429. The summed E-state index contributed by atoms with van der Waals surface area (Å²) in [6, 6.07) is 5.09. The summed E-state index contributed by atoms with van der Waals surface area (Å²) in [4.78, 5) is 26.4. The number of piperazine rings is 1. The fourth-order valence-electron chi connectivity index (χ4n) is 2.29. The van der Waals surface area contributed by atoms with Gasteiger partial charge in [-0.05, 0) is 19.1 Å². The summed E-state index contributed by atoms with van der Waals surface area (Å²) in [7, 11) is 0. The third-order valence-corrected chi connectivity index (χ3v) is 3.45. The molecule has 102 valence electrons. The van der Waals surface area contributed by atoms with Crippen LogP contribution in [0.15, 0.2) is 18.2 Å². The molecule has 0 saturated carbocycles. The van der Waals surface area contributed by atoms with E-state index in [9.17, 15) is 14.7 Å². The average molecular weight is 262 g/mol. The summed E-state index contributed by atoms with van der Waals surface area (Å²) in [6.45, 7) is 5.84. The average Bonchev–Trinajstić information content (AvgIpc) is 2.38. The molecule has 0 aliphatic carbocycles. The summed E-state index contributed by atoms with van der Waals surface area (Å²) in [5, 5.41) is 9.82. The van der Waals surface area contributed by atoms with Gasteiger partial charge in [0.15, 0.2) is 5.78 Å². The van der Waals surface area contributed by atoms with E-state index in [0.717, 1.165) is 18.8 Å². The number of hydrogen-bond acceptors (Lipinski definition) is 4. The number of phenolic OH excluding ortho intramolecular Hbond substituents is 1. The van der Waals surface area contributed by atoms with Gasteiger partial charge in [-0.3, -0.25) is 9.59 Å². The highest BCUT2D eigenvalue weighted by Gasteiger charge is 2.19. The fourth-order valence-corrected chi connectivity index (χ4v) is 2.29. The molecular weight excluding hydrogens is 244 g/mol. The maximum absolute atomic E-state index is 11.3. The monoisotopic (exact) mass is 262 g/mol. The summed E-state index contributed by atoms with van der Waals surface area (Å²) >= 11 is 0. The van der Waals surface area contributed by atoms with Gasteiger partial charge >= 0.3 is 0 Å². The van der Waals surface area contributed by atoms with Crippen molar-refractivity contribution in [3.05, 3.63) is 23.8 Å². The molecule has 0 spiro atoms. The van der Waals surface area contributed by atoms with Crippen LogP contribution in [0.5, 0.6) is 5.75 Å². The highest BCUT2D eigenvalue weighted by molar-refractivity contribution is 5.97. The second-order valence-electron chi connectivity index (χ2n) is 4.75. The number of amides is 1. The van der Waals surface area contributed by atoms with Crippen molar-refractivity contribution in [1.29, 1.82) is 0 Å². The Bertz CT molecular complexity index is 505. The highest BCUT2D eigenvalue weighted by Crippen LogP contribution is 2.25. The molecule has 1 aliphatic rings. The molecule has 2 rings (SSSR count). The Kier molecular flexibility index (Phi) is 3.74. The molecule has 0 radical (unpaired) electrons. The van der Waals surface area contributed by atoms with Crippen molar-refractivity contribution < 1.29 is 14.7 Å². The van der Waals surface area contributed by atoms with Crippen molar-refractivity contribution in [2.45, 2.75) is 13.8 Å². The SMILES string of the molecule is CC(=O)c1ccc(N2CCN(C(C)=O)CC2)cc1O. The van der Waals surface area contributed by atoms with Gasteiger partial charge in [-0.2, -0.15) is 0 Å². The molecular formula is C14H18N2O3. The van der Waals surface area contributed by atoms with E-state index in [4.69, 9.17) is 0 Å². The molecule has 1 N–H and O–H groups in total. The van der Waals surface area contributed by atoms with Crippen LogP contribution in [0.2, 0.25) is 0 Å². The van der Waals surface area contributed by atoms with E-state index in [1.165, 1.54) is 6.92 Å². The number of nitrogens with zero attached hydrogens (tertiary/aromatic N) is 2. The maximum Gasteiger partial charge on any atom is 0.219 e. The highest BCUT2D eigenvalue weighted by atomic mass is 16.3. The molecule has 5 nitrogen and oxygen atoms in total. The molecule has 0 aromatic heterocycles. The van der Waals surface area contributed by atoms with Crippen LogP contribution in [-0.2, 0) is 4.79 Å². The van der Waals surface area contributed by atoms with Crippen LogP contribution in [0.1, 0.15) is 24.2 Å². The first-order chi connectivity index (χ1) is 8.99. The lowest BCUT2D eigenvalue weighted by molar-refractivity contribution is -0.129. The van der Waals surface area contributed by atoms with Crippen LogP contribution in [0.4, 0.5) is 5.69 Å². The molecule has 1 aliphatic heterocycles. The van der Waals surface area contributed by atoms with Crippen molar-refractivity contribution in [3.63, 3.8) is 0 Å². The van der Waals surface area contributed by atoms with Gasteiger partial charge in [0, 0.05) is 44.9 Å². The lowest BCUT2D eigenvalue weighted by Gasteiger charge is -2.35. The zero-order valence-corrected chi connectivity index (χ0v) is 11.2. The first-order valence-electron chi connectivity index (χ1n) is 6.33. The van der Waals surface area contributed by atoms with Gasteiger partial charge in [-0.1, -0.05) is 0 Å². The number of aromatic hydroxyl groups is 1. The van der Waals surface area contributed by atoms with Crippen molar-refractivity contribution in [2.75, 3.05) is 31.1 Å². The Hall–Kier alpha value is -2.04. The van der Waals surface area contributed by atoms with Gasteiger partial charge in [0.05, 0.1) is 5.56 Å². The molecule has 5 heteroatoms. The van der Waals surface area contributed by atoms with Crippen molar-refractivity contribution in [2.24, 2.45) is 0 Å².